The minimum Gasteiger partial charge on any atom is -0.496 e. The second kappa shape index (κ2) is 7.85. The van der Waals surface area contributed by atoms with Gasteiger partial charge in [-0.1, -0.05) is 35.9 Å². The lowest BCUT2D eigenvalue weighted by Crippen LogP contribution is -2.42. The van der Waals surface area contributed by atoms with E-state index in [0.717, 1.165) is 42.9 Å². The van der Waals surface area contributed by atoms with Crippen molar-refractivity contribution in [1.82, 2.24) is 4.90 Å². The van der Waals surface area contributed by atoms with Crippen LogP contribution in [-0.2, 0) is 10.2 Å². The van der Waals surface area contributed by atoms with E-state index in [0.29, 0.717) is 10.6 Å². The van der Waals surface area contributed by atoms with Crippen LogP contribution in [0.5, 0.6) is 5.75 Å². The van der Waals surface area contributed by atoms with Crippen molar-refractivity contribution in [3.05, 3.63) is 76.0 Å². The molecule has 1 aliphatic carbocycles. The molecule has 2 unspecified atom stereocenters. The summed E-state index contributed by atoms with van der Waals surface area (Å²) in [6.07, 6.45) is 4.88. The lowest BCUT2D eigenvalue weighted by molar-refractivity contribution is 0.0593. The third-order valence-electron chi connectivity index (χ3n) is 6.40. The number of methoxy groups -OCH3 is 1. The van der Waals surface area contributed by atoms with E-state index in [9.17, 15) is 4.79 Å². The molecule has 29 heavy (non-hydrogen) atoms. The molecule has 0 bridgehead atoms. The number of carbonyl (C=O) groups is 1. The molecular formula is C24H26ClNO3. The Morgan fingerprint density at radius 2 is 2.00 bits per heavy atom. The van der Waals surface area contributed by atoms with E-state index in [4.69, 9.17) is 21.1 Å². The molecule has 0 radical (unpaired) electrons. The van der Waals surface area contributed by atoms with E-state index < -0.39 is 5.97 Å². The molecular weight excluding hydrogens is 386 g/mol. The van der Waals surface area contributed by atoms with Crippen LogP contribution in [0.3, 0.4) is 0 Å². The van der Waals surface area contributed by atoms with Gasteiger partial charge in [0.05, 0.1) is 17.7 Å². The first-order valence-corrected chi connectivity index (χ1v) is 10.4. The number of benzene rings is 2. The van der Waals surface area contributed by atoms with Crippen molar-refractivity contribution in [3.63, 3.8) is 0 Å². The number of aryl methyl sites for hydroxylation is 1. The number of likely N-dealkylation sites (tertiary alicyclic amines) is 1. The first kappa shape index (κ1) is 20.0. The highest BCUT2D eigenvalue weighted by Crippen LogP contribution is 2.48. The van der Waals surface area contributed by atoms with Gasteiger partial charge in [-0.2, -0.15) is 0 Å². The van der Waals surface area contributed by atoms with Crippen molar-refractivity contribution < 1.29 is 14.3 Å². The Morgan fingerprint density at radius 3 is 2.72 bits per heavy atom. The van der Waals surface area contributed by atoms with Gasteiger partial charge in [0.1, 0.15) is 11.5 Å². The molecule has 2 aromatic rings. The second-order valence-electron chi connectivity index (χ2n) is 8.02. The molecule has 1 fully saturated rings. The zero-order chi connectivity index (χ0) is 20.6. The maximum Gasteiger partial charge on any atom is 0.344 e. The Balaban J connectivity index is 1.62. The summed E-state index contributed by atoms with van der Waals surface area (Å²) in [7, 11) is 3.84. The van der Waals surface area contributed by atoms with Crippen LogP contribution in [0.1, 0.15) is 40.7 Å². The van der Waals surface area contributed by atoms with Crippen LogP contribution < -0.4 is 4.74 Å². The number of halogens is 1. The number of allylic oxidation sites excluding steroid dienone is 1. The van der Waals surface area contributed by atoms with Crippen LogP contribution in [0.4, 0.5) is 0 Å². The van der Waals surface area contributed by atoms with Gasteiger partial charge >= 0.3 is 5.97 Å². The molecule has 152 valence electrons. The highest BCUT2D eigenvalue weighted by Gasteiger charge is 2.48. The fraction of sp³-hybridized carbons (Fsp3) is 0.375. The number of nitrogens with zero attached hydrogens (tertiary/aromatic N) is 1. The third kappa shape index (κ3) is 3.56. The van der Waals surface area contributed by atoms with E-state index >= 15 is 0 Å². The fourth-order valence-corrected chi connectivity index (χ4v) is 5.00. The Hall–Kier alpha value is -2.30. The zero-order valence-corrected chi connectivity index (χ0v) is 17.8. The maximum atomic E-state index is 12.6. The normalized spacial score (nSPS) is 24.0. The number of esters is 1. The van der Waals surface area contributed by atoms with E-state index in [1.807, 2.05) is 0 Å². The van der Waals surface area contributed by atoms with Crippen LogP contribution in [-0.4, -0.2) is 37.6 Å². The van der Waals surface area contributed by atoms with Crippen LogP contribution in [0.25, 0.3) is 0 Å². The average molecular weight is 412 g/mol. The number of hydrogen-bond donors (Lipinski definition) is 0. The quantitative estimate of drug-likeness (QED) is 0.653. The highest BCUT2D eigenvalue weighted by molar-refractivity contribution is 6.33. The summed E-state index contributed by atoms with van der Waals surface area (Å²) in [5, 5.41) is 0.412. The number of fused-ring (bicyclic) bond motifs is 1. The Labute approximate surface area is 177 Å². The lowest BCUT2D eigenvalue weighted by Gasteiger charge is -2.40. The number of ether oxygens (including phenoxy) is 2. The molecule has 2 aliphatic rings. The first-order chi connectivity index (χ1) is 13.9. The Morgan fingerprint density at radius 1 is 1.21 bits per heavy atom. The van der Waals surface area contributed by atoms with E-state index in [1.54, 1.807) is 31.4 Å². The molecule has 0 saturated carbocycles. The number of rotatable bonds is 4. The number of likely N-dealkylation sites (N-methyl/N-ethyl adjacent to an activating group) is 1. The minimum absolute atomic E-state index is 0.0338. The summed E-state index contributed by atoms with van der Waals surface area (Å²) >= 11 is 6.15. The third-order valence-corrected chi connectivity index (χ3v) is 6.73. The molecule has 0 aromatic heterocycles. The van der Waals surface area contributed by atoms with Crippen molar-refractivity contribution in [2.45, 2.75) is 37.6 Å². The van der Waals surface area contributed by atoms with Gasteiger partial charge in [-0.25, -0.2) is 4.79 Å². The van der Waals surface area contributed by atoms with Gasteiger partial charge < -0.3 is 9.47 Å². The Bertz CT molecular complexity index is 970. The Kier molecular flexibility index (Phi) is 5.41. The van der Waals surface area contributed by atoms with Gasteiger partial charge in [0.2, 0.25) is 0 Å². The number of carbonyl (C=O) groups excluding carboxylic acids is 1. The molecule has 2 atom stereocenters. The van der Waals surface area contributed by atoms with Crippen LogP contribution in [0.15, 0.2) is 54.3 Å². The van der Waals surface area contributed by atoms with E-state index in [2.05, 4.69) is 43.1 Å². The summed E-state index contributed by atoms with van der Waals surface area (Å²) in [6.45, 7) is 3.10. The van der Waals surface area contributed by atoms with Crippen molar-refractivity contribution in [2.75, 3.05) is 20.7 Å². The fourth-order valence-electron chi connectivity index (χ4n) is 4.78. The van der Waals surface area contributed by atoms with Crippen molar-refractivity contribution in [1.29, 1.82) is 0 Å². The van der Waals surface area contributed by atoms with E-state index in [-0.39, 0.29) is 11.5 Å². The van der Waals surface area contributed by atoms with Crippen LogP contribution in [0.2, 0.25) is 5.02 Å². The van der Waals surface area contributed by atoms with Gasteiger partial charge in [-0.15, -0.1) is 0 Å². The topological polar surface area (TPSA) is 38.8 Å². The molecule has 0 spiro atoms. The molecule has 0 amide bonds. The van der Waals surface area contributed by atoms with Crippen LogP contribution >= 0.6 is 11.6 Å². The van der Waals surface area contributed by atoms with Crippen LogP contribution in [0, 0.1) is 6.92 Å². The molecule has 1 heterocycles. The average Bonchev–Trinajstić information content (AvgIpc) is 3.05. The number of hydrogen-bond acceptors (Lipinski definition) is 4. The summed E-state index contributed by atoms with van der Waals surface area (Å²) in [5.41, 5.74) is 2.91. The smallest absolute Gasteiger partial charge is 0.344 e. The summed E-state index contributed by atoms with van der Waals surface area (Å²) in [4.78, 5) is 14.9. The molecule has 1 aliphatic heterocycles. The SMILES string of the molecule is COc1ccc(C23CCC(OC(=O)c4ccccc4Cl)=CC2N(C)CC3)cc1C. The van der Waals surface area contributed by atoms with E-state index in [1.165, 1.54) is 5.56 Å². The van der Waals surface area contributed by atoms with Crippen molar-refractivity contribution >= 4 is 17.6 Å². The summed E-state index contributed by atoms with van der Waals surface area (Å²) < 4.78 is 11.2. The lowest BCUT2D eigenvalue weighted by atomic mass is 9.68. The van der Waals surface area contributed by atoms with Gasteiger partial charge in [0.15, 0.2) is 0 Å². The molecule has 4 rings (SSSR count). The minimum atomic E-state index is -0.393. The van der Waals surface area contributed by atoms with Gasteiger partial charge in [-0.05, 0) is 68.8 Å². The maximum absolute atomic E-state index is 12.6. The standard InChI is InChI=1S/C24H26ClNO3/c1-16-14-17(8-9-21(16)28-3)24-11-10-18(15-22(24)26(2)13-12-24)29-23(27)19-6-4-5-7-20(19)25/h4-9,14-15,22H,10-13H2,1-3H3. The van der Waals surface area contributed by atoms with Gasteiger partial charge in [-0.3, -0.25) is 4.90 Å². The monoisotopic (exact) mass is 411 g/mol. The molecule has 5 heteroatoms. The highest BCUT2D eigenvalue weighted by atomic mass is 35.5. The second-order valence-corrected chi connectivity index (χ2v) is 8.43. The van der Waals surface area contributed by atoms with Crippen molar-refractivity contribution in [2.24, 2.45) is 0 Å². The molecule has 0 N–H and O–H groups in total. The zero-order valence-electron chi connectivity index (χ0n) is 17.1. The van der Waals surface area contributed by atoms with Crippen molar-refractivity contribution in [3.8, 4) is 5.75 Å². The molecule has 2 aromatic carbocycles. The predicted molar refractivity (Wildman–Crippen MR) is 115 cm³/mol. The van der Waals surface area contributed by atoms with Gasteiger partial charge in [0.25, 0.3) is 0 Å². The summed E-state index contributed by atoms with van der Waals surface area (Å²) in [5.74, 6) is 1.25. The molecule has 4 nitrogen and oxygen atoms in total. The molecule has 1 saturated heterocycles. The summed E-state index contributed by atoms with van der Waals surface area (Å²) in [6, 6.07) is 13.7. The largest absolute Gasteiger partial charge is 0.496 e. The first-order valence-electron chi connectivity index (χ1n) is 9.97. The predicted octanol–water partition coefficient (Wildman–Crippen LogP) is 5.13. The van der Waals surface area contributed by atoms with Gasteiger partial charge in [0, 0.05) is 17.9 Å².